The van der Waals surface area contributed by atoms with Gasteiger partial charge in [-0.3, -0.25) is 9.69 Å². The van der Waals surface area contributed by atoms with Gasteiger partial charge in [-0.2, -0.15) is 0 Å². The third kappa shape index (κ3) is 2.25. The quantitative estimate of drug-likeness (QED) is 0.854. The second-order valence-electron chi connectivity index (χ2n) is 5.65. The number of benzene rings is 2. The van der Waals surface area contributed by atoms with E-state index in [0.717, 1.165) is 43.2 Å². The van der Waals surface area contributed by atoms with Crippen LogP contribution in [0.1, 0.15) is 5.56 Å². The molecule has 1 amide bonds. The molecule has 2 aliphatic rings. The minimum absolute atomic E-state index is 0.139. The third-order valence-electron chi connectivity index (χ3n) is 4.31. The molecule has 0 atom stereocenters. The van der Waals surface area contributed by atoms with E-state index in [1.54, 1.807) is 0 Å². The minimum atomic E-state index is 0.139. The predicted octanol–water partition coefficient (Wildman–Crippen LogP) is 2.74. The maximum absolute atomic E-state index is 12.3. The highest BCUT2D eigenvalue weighted by Gasteiger charge is 2.28. The Balaban J connectivity index is 1.62. The molecule has 2 aromatic rings. The summed E-state index contributed by atoms with van der Waals surface area (Å²) in [5.74, 6) is 0.139. The van der Waals surface area contributed by atoms with Crippen molar-refractivity contribution in [2.45, 2.75) is 6.42 Å². The number of para-hydroxylation sites is 1. The van der Waals surface area contributed by atoms with E-state index in [4.69, 9.17) is 4.74 Å². The number of morpholine rings is 1. The SMILES string of the molecule is O=C1Cc2ccccc2N1c1ccc(N2CCOCC2)cc1. The Morgan fingerprint density at radius 1 is 0.864 bits per heavy atom. The van der Waals surface area contributed by atoms with Crippen LogP contribution in [0.4, 0.5) is 17.1 Å². The average molecular weight is 294 g/mol. The molecule has 22 heavy (non-hydrogen) atoms. The fraction of sp³-hybridized carbons (Fsp3) is 0.278. The third-order valence-corrected chi connectivity index (χ3v) is 4.31. The molecule has 1 fully saturated rings. The summed E-state index contributed by atoms with van der Waals surface area (Å²) in [6.45, 7) is 3.40. The molecule has 0 bridgehead atoms. The van der Waals surface area contributed by atoms with Gasteiger partial charge < -0.3 is 9.64 Å². The smallest absolute Gasteiger partial charge is 0.236 e. The maximum atomic E-state index is 12.3. The van der Waals surface area contributed by atoms with E-state index in [1.165, 1.54) is 5.69 Å². The van der Waals surface area contributed by atoms with Crippen LogP contribution >= 0.6 is 0 Å². The van der Waals surface area contributed by atoms with E-state index < -0.39 is 0 Å². The van der Waals surface area contributed by atoms with Crippen LogP contribution in [0.5, 0.6) is 0 Å². The highest BCUT2D eigenvalue weighted by Crippen LogP contribution is 2.35. The number of hydrogen-bond acceptors (Lipinski definition) is 3. The van der Waals surface area contributed by atoms with E-state index in [0.29, 0.717) is 6.42 Å². The number of amides is 1. The van der Waals surface area contributed by atoms with Gasteiger partial charge in [0.25, 0.3) is 0 Å². The Bertz CT molecular complexity index is 690. The molecular weight excluding hydrogens is 276 g/mol. The molecular formula is C18H18N2O2. The molecule has 4 nitrogen and oxygen atoms in total. The second kappa shape index (κ2) is 5.46. The highest BCUT2D eigenvalue weighted by atomic mass is 16.5. The lowest BCUT2D eigenvalue weighted by Gasteiger charge is -2.29. The standard InChI is InChI=1S/C18H18N2O2/c21-18-13-14-3-1-2-4-17(14)20(18)16-7-5-15(6-8-16)19-9-11-22-12-10-19/h1-8H,9-13H2. The van der Waals surface area contributed by atoms with Gasteiger partial charge in [-0.1, -0.05) is 18.2 Å². The van der Waals surface area contributed by atoms with Gasteiger partial charge in [-0.25, -0.2) is 0 Å². The number of hydrogen-bond donors (Lipinski definition) is 0. The first-order valence-corrected chi connectivity index (χ1v) is 7.66. The van der Waals surface area contributed by atoms with Gasteiger partial charge in [0.1, 0.15) is 0 Å². The molecule has 0 aliphatic carbocycles. The van der Waals surface area contributed by atoms with Crippen molar-refractivity contribution in [3.05, 3.63) is 54.1 Å². The fourth-order valence-electron chi connectivity index (χ4n) is 3.17. The van der Waals surface area contributed by atoms with Gasteiger partial charge >= 0.3 is 0 Å². The number of carbonyl (C=O) groups is 1. The summed E-state index contributed by atoms with van der Waals surface area (Å²) in [6, 6.07) is 16.2. The van der Waals surface area contributed by atoms with Crippen molar-refractivity contribution in [2.24, 2.45) is 0 Å². The van der Waals surface area contributed by atoms with E-state index in [-0.39, 0.29) is 5.91 Å². The van der Waals surface area contributed by atoms with Crippen LogP contribution in [0, 0.1) is 0 Å². The molecule has 0 N–H and O–H groups in total. The topological polar surface area (TPSA) is 32.8 Å². The largest absolute Gasteiger partial charge is 0.378 e. The molecule has 0 aromatic heterocycles. The molecule has 2 aromatic carbocycles. The fourth-order valence-corrected chi connectivity index (χ4v) is 3.17. The molecule has 1 saturated heterocycles. The molecule has 112 valence electrons. The summed E-state index contributed by atoms with van der Waals surface area (Å²) in [4.78, 5) is 16.4. The first-order valence-electron chi connectivity index (χ1n) is 7.66. The lowest BCUT2D eigenvalue weighted by molar-refractivity contribution is -0.116. The molecule has 0 spiro atoms. The van der Waals surface area contributed by atoms with Crippen LogP contribution in [0.15, 0.2) is 48.5 Å². The van der Waals surface area contributed by atoms with Crippen LogP contribution < -0.4 is 9.80 Å². The Morgan fingerprint density at radius 3 is 2.32 bits per heavy atom. The van der Waals surface area contributed by atoms with Crippen LogP contribution in [-0.4, -0.2) is 32.2 Å². The molecule has 0 saturated carbocycles. The number of carbonyl (C=O) groups excluding carboxylic acids is 1. The second-order valence-corrected chi connectivity index (χ2v) is 5.65. The summed E-state index contributed by atoms with van der Waals surface area (Å²) in [6.07, 6.45) is 0.487. The zero-order chi connectivity index (χ0) is 14.9. The number of fused-ring (bicyclic) bond motifs is 1. The first kappa shape index (κ1) is 13.3. The van der Waals surface area contributed by atoms with Gasteiger partial charge in [0, 0.05) is 24.5 Å². The van der Waals surface area contributed by atoms with Crippen LogP contribution in [0.3, 0.4) is 0 Å². The van der Waals surface area contributed by atoms with Crippen molar-refractivity contribution in [2.75, 3.05) is 36.1 Å². The van der Waals surface area contributed by atoms with Crippen molar-refractivity contribution in [3.8, 4) is 0 Å². The van der Waals surface area contributed by atoms with Crippen molar-refractivity contribution >= 4 is 23.0 Å². The summed E-state index contributed by atoms with van der Waals surface area (Å²) < 4.78 is 5.38. The van der Waals surface area contributed by atoms with Crippen LogP contribution in [0.25, 0.3) is 0 Å². The minimum Gasteiger partial charge on any atom is -0.378 e. The van der Waals surface area contributed by atoms with Gasteiger partial charge in [-0.05, 0) is 35.9 Å². The average Bonchev–Trinajstić information content (AvgIpc) is 2.91. The summed E-state index contributed by atoms with van der Waals surface area (Å²) in [5, 5.41) is 0. The Morgan fingerprint density at radius 2 is 1.55 bits per heavy atom. The molecule has 2 aliphatic heterocycles. The highest BCUT2D eigenvalue weighted by molar-refractivity contribution is 6.07. The monoisotopic (exact) mass is 294 g/mol. The molecule has 4 rings (SSSR count). The Labute approximate surface area is 129 Å². The van der Waals surface area contributed by atoms with E-state index in [2.05, 4.69) is 17.0 Å². The number of rotatable bonds is 2. The van der Waals surface area contributed by atoms with Gasteiger partial charge in [0.2, 0.25) is 5.91 Å². The van der Waals surface area contributed by atoms with Crippen molar-refractivity contribution in [3.63, 3.8) is 0 Å². The summed E-state index contributed by atoms with van der Waals surface area (Å²) >= 11 is 0. The lowest BCUT2D eigenvalue weighted by atomic mass is 10.2. The van der Waals surface area contributed by atoms with Gasteiger partial charge in [0.05, 0.1) is 25.3 Å². The van der Waals surface area contributed by atoms with Crippen LogP contribution in [0.2, 0.25) is 0 Å². The van der Waals surface area contributed by atoms with Crippen molar-refractivity contribution < 1.29 is 9.53 Å². The van der Waals surface area contributed by atoms with Crippen LogP contribution in [-0.2, 0) is 16.0 Å². The predicted molar refractivity (Wildman–Crippen MR) is 86.8 cm³/mol. The summed E-state index contributed by atoms with van der Waals surface area (Å²) in [7, 11) is 0. The van der Waals surface area contributed by atoms with Gasteiger partial charge in [0.15, 0.2) is 0 Å². The Kier molecular flexibility index (Phi) is 3.31. The number of anilines is 3. The van der Waals surface area contributed by atoms with E-state index >= 15 is 0 Å². The summed E-state index contributed by atoms with van der Waals surface area (Å²) in [5.41, 5.74) is 4.23. The zero-order valence-corrected chi connectivity index (χ0v) is 12.4. The number of nitrogens with zero attached hydrogens (tertiary/aromatic N) is 2. The van der Waals surface area contributed by atoms with Crippen molar-refractivity contribution in [1.82, 2.24) is 0 Å². The maximum Gasteiger partial charge on any atom is 0.236 e. The van der Waals surface area contributed by atoms with E-state index in [1.807, 2.05) is 41.3 Å². The normalized spacial score (nSPS) is 17.7. The lowest BCUT2D eigenvalue weighted by Crippen LogP contribution is -2.36. The Hall–Kier alpha value is -2.33. The molecule has 0 radical (unpaired) electrons. The molecule has 4 heteroatoms. The van der Waals surface area contributed by atoms with Crippen molar-refractivity contribution in [1.29, 1.82) is 0 Å². The van der Waals surface area contributed by atoms with E-state index in [9.17, 15) is 4.79 Å². The first-order chi connectivity index (χ1) is 10.8. The molecule has 0 unspecified atom stereocenters. The zero-order valence-electron chi connectivity index (χ0n) is 12.4. The molecule has 2 heterocycles. The van der Waals surface area contributed by atoms with Gasteiger partial charge in [-0.15, -0.1) is 0 Å². The number of ether oxygens (including phenoxy) is 1.